The predicted octanol–water partition coefficient (Wildman–Crippen LogP) is 2.00. The van der Waals surface area contributed by atoms with Gasteiger partial charge in [-0.05, 0) is 31.9 Å². The summed E-state index contributed by atoms with van der Waals surface area (Å²) in [5, 5.41) is 6.39. The van der Waals surface area contributed by atoms with Crippen LogP contribution in [0, 0.1) is 0 Å². The molecule has 1 saturated carbocycles. The summed E-state index contributed by atoms with van der Waals surface area (Å²) in [5.41, 5.74) is 0.881. The van der Waals surface area contributed by atoms with Crippen LogP contribution in [0.15, 0.2) is 24.3 Å². The van der Waals surface area contributed by atoms with Gasteiger partial charge in [-0.25, -0.2) is 0 Å². The average molecular weight is 379 g/mol. The van der Waals surface area contributed by atoms with E-state index in [1.165, 1.54) is 0 Å². The molecular formula is C19H27ClN4O2. The normalized spacial score (nSPS) is 24.7. The lowest BCUT2D eigenvalue weighted by Gasteiger charge is -2.45. The summed E-state index contributed by atoms with van der Waals surface area (Å²) in [5.74, 6) is 0.0170. The molecule has 2 fully saturated rings. The molecular weight excluding hydrogens is 352 g/mol. The summed E-state index contributed by atoms with van der Waals surface area (Å²) in [7, 11) is 0. The molecule has 0 radical (unpaired) electrons. The Morgan fingerprint density at radius 3 is 2.73 bits per heavy atom. The number of carbonyl (C=O) groups excluding carboxylic acids is 2. The van der Waals surface area contributed by atoms with Crippen molar-refractivity contribution in [1.29, 1.82) is 0 Å². The Balaban J connectivity index is 0.00000196. The van der Waals surface area contributed by atoms with Gasteiger partial charge in [0.15, 0.2) is 0 Å². The number of hydrogen-bond acceptors (Lipinski definition) is 4. The molecule has 1 aromatic carbocycles. The van der Waals surface area contributed by atoms with Crippen molar-refractivity contribution in [2.45, 2.75) is 44.2 Å². The molecule has 0 bridgehead atoms. The van der Waals surface area contributed by atoms with Crippen LogP contribution in [0.3, 0.4) is 0 Å². The van der Waals surface area contributed by atoms with E-state index in [1.807, 2.05) is 29.2 Å². The number of carbonyl (C=O) groups is 2. The molecule has 26 heavy (non-hydrogen) atoms. The Labute approximate surface area is 160 Å². The first kappa shape index (κ1) is 19.1. The second-order valence-corrected chi connectivity index (χ2v) is 7.46. The number of benzene rings is 1. The van der Waals surface area contributed by atoms with E-state index in [0.717, 1.165) is 56.7 Å². The SMILES string of the molecule is C[C@H]1CNCCN1CC(=O)N1c2ccccc2NC(=O)C12CCCC2.Cl. The van der Waals surface area contributed by atoms with Crippen LogP contribution in [0.1, 0.15) is 32.6 Å². The molecule has 142 valence electrons. The van der Waals surface area contributed by atoms with Gasteiger partial charge in [-0.3, -0.25) is 19.4 Å². The molecule has 1 saturated heterocycles. The average Bonchev–Trinajstić information content (AvgIpc) is 3.08. The van der Waals surface area contributed by atoms with Crippen LogP contribution in [-0.4, -0.2) is 54.5 Å². The van der Waals surface area contributed by atoms with E-state index in [2.05, 4.69) is 22.5 Å². The second-order valence-electron chi connectivity index (χ2n) is 7.46. The van der Waals surface area contributed by atoms with Crippen molar-refractivity contribution in [3.63, 3.8) is 0 Å². The van der Waals surface area contributed by atoms with E-state index in [1.54, 1.807) is 0 Å². The first-order valence-electron chi connectivity index (χ1n) is 9.30. The highest BCUT2D eigenvalue weighted by molar-refractivity contribution is 6.15. The molecule has 4 rings (SSSR count). The predicted molar refractivity (Wildman–Crippen MR) is 105 cm³/mol. The minimum Gasteiger partial charge on any atom is -0.322 e. The lowest BCUT2D eigenvalue weighted by atomic mass is 9.89. The number of para-hydroxylation sites is 2. The van der Waals surface area contributed by atoms with Gasteiger partial charge in [-0.2, -0.15) is 0 Å². The summed E-state index contributed by atoms with van der Waals surface area (Å²) in [6.45, 7) is 5.17. The molecule has 2 N–H and O–H groups in total. The number of nitrogens with zero attached hydrogens (tertiary/aromatic N) is 2. The van der Waals surface area contributed by atoms with Gasteiger partial charge < -0.3 is 10.6 Å². The van der Waals surface area contributed by atoms with Crippen LogP contribution < -0.4 is 15.5 Å². The van der Waals surface area contributed by atoms with Gasteiger partial charge in [-0.1, -0.05) is 25.0 Å². The van der Waals surface area contributed by atoms with E-state index in [-0.39, 0.29) is 24.2 Å². The Morgan fingerprint density at radius 2 is 2.00 bits per heavy atom. The Morgan fingerprint density at radius 1 is 1.27 bits per heavy atom. The van der Waals surface area contributed by atoms with Crippen LogP contribution in [0.4, 0.5) is 11.4 Å². The van der Waals surface area contributed by atoms with Gasteiger partial charge in [0.05, 0.1) is 17.9 Å². The molecule has 6 nitrogen and oxygen atoms in total. The number of nitrogens with one attached hydrogen (secondary N) is 2. The van der Waals surface area contributed by atoms with Crippen molar-refractivity contribution in [2.75, 3.05) is 36.4 Å². The van der Waals surface area contributed by atoms with Gasteiger partial charge in [0.1, 0.15) is 5.54 Å². The lowest BCUT2D eigenvalue weighted by molar-refractivity contribution is -0.128. The second kappa shape index (κ2) is 7.55. The quantitative estimate of drug-likeness (QED) is 0.826. The summed E-state index contributed by atoms with van der Waals surface area (Å²) in [6, 6.07) is 7.99. The summed E-state index contributed by atoms with van der Waals surface area (Å²) >= 11 is 0. The highest BCUT2D eigenvalue weighted by atomic mass is 35.5. The standard InChI is InChI=1S/C19H26N4O2.ClH/c1-14-12-20-10-11-22(14)13-17(24)23-16-7-3-2-6-15(16)21-18(25)19(23)8-4-5-9-19;/h2-3,6-7,14,20H,4-5,8-13H2,1H3,(H,21,25);1H/t14-;/m0./s1. The number of rotatable bonds is 2. The van der Waals surface area contributed by atoms with Gasteiger partial charge in [0, 0.05) is 25.7 Å². The van der Waals surface area contributed by atoms with Crippen LogP contribution >= 0.6 is 12.4 Å². The van der Waals surface area contributed by atoms with Crippen LogP contribution in [0.25, 0.3) is 0 Å². The molecule has 1 aromatic rings. The molecule has 2 amide bonds. The van der Waals surface area contributed by atoms with Crippen molar-refractivity contribution in [3.8, 4) is 0 Å². The summed E-state index contributed by atoms with van der Waals surface area (Å²) < 4.78 is 0. The molecule has 2 aliphatic heterocycles. The van der Waals surface area contributed by atoms with Gasteiger partial charge in [0.25, 0.3) is 5.91 Å². The minimum absolute atomic E-state index is 0. The Bertz CT molecular complexity index is 690. The fourth-order valence-electron chi connectivity index (χ4n) is 4.49. The van der Waals surface area contributed by atoms with E-state index < -0.39 is 5.54 Å². The molecule has 1 aliphatic carbocycles. The monoisotopic (exact) mass is 378 g/mol. The molecule has 0 unspecified atom stereocenters. The van der Waals surface area contributed by atoms with E-state index in [0.29, 0.717) is 12.6 Å². The van der Waals surface area contributed by atoms with Crippen molar-refractivity contribution < 1.29 is 9.59 Å². The number of anilines is 2. The Hall–Kier alpha value is -1.63. The van der Waals surface area contributed by atoms with Crippen molar-refractivity contribution in [2.24, 2.45) is 0 Å². The molecule has 2 heterocycles. The third-order valence-corrected chi connectivity index (χ3v) is 5.90. The summed E-state index contributed by atoms with van der Waals surface area (Å²) in [4.78, 5) is 30.3. The third-order valence-electron chi connectivity index (χ3n) is 5.90. The van der Waals surface area contributed by atoms with E-state index in [9.17, 15) is 9.59 Å². The maximum atomic E-state index is 13.4. The lowest BCUT2D eigenvalue weighted by Crippen LogP contribution is -2.63. The number of hydrogen-bond donors (Lipinski definition) is 2. The zero-order chi connectivity index (χ0) is 17.4. The molecule has 1 spiro atoms. The maximum absolute atomic E-state index is 13.4. The van der Waals surface area contributed by atoms with Crippen molar-refractivity contribution >= 4 is 35.6 Å². The first-order valence-corrected chi connectivity index (χ1v) is 9.30. The third kappa shape index (κ3) is 3.10. The fourth-order valence-corrected chi connectivity index (χ4v) is 4.49. The molecule has 1 atom stereocenters. The van der Waals surface area contributed by atoms with Crippen LogP contribution in [-0.2, 0) is 9.59 Å². The topological polar surface area (TPSA) is 64.7 Å². The van der Waals surface area contributed by atoms with Gasteiger partial charge >= 0.3 is 0 Å². The highest BCUT2D eigenvalue weighted by Crippen LogP contribution is 2.45. The zero-order valence-corrected chi connectivity index (χ0v) is 16.0. The largest absolute Gasteiger partial charge is 0.322 e. The van der Waals surface area contributed by atoms with Gasteiger partial charge in [-0.15, -0.1) is 12.4 Å². The van der Waals surface area contributed by atoms with Gasteiger partial charge in [0.2, 0.25) is 5.91 Å². The zero-order valence-electron chi connectivity index (χ0n) is 15.2. The van der Waals surface area contributed by atoms with Crippen LogP contribution in [0.5, 0.6) is 0 Å². The first-order chi connectivity index (χ1) is 12.1. The van der Waals surface area contributed by atoms with E-state index >= 15 is 0 Å². The highest BCUT2D eigenvalue weighted by Gasteiger charge is 2.52. The number of amides is 2. The molecule has 0 aromatic heterocycles. The van der Waals surface area contributed by atoms with Crippen LogP contribution in [0.2, 0.25) is 0 Å². The fraction of sp³-hybridized carbons (Fsp3) is 0.579. The smallest absolute Gasteiger partial charge is 0.250 e. The minimum atomic E-state index is -0.706. The molecule has 7 heteroatoms. The Kier molecular flexibility index (Phi) is 5.55. The van der Waals surface area contributed by atoms with E-state index in [4.69, 9.17) is 0 Å². The number of halogens is 1. The van der Waals surface area contributed by atoms with Crippen molar-refractivity contribution in [3.05, 3.63) is 24.3 Å². The number of piperazine rings is 1. The summed E-state index contributed by atoms with van der Waals surface area (Å²) in [6.07, 6.45) is 3.47. The van der Waals surface area contributed by atoms with Crippen molar-refractivity contribution in [1.82, 2.24) is 10.2 Å². The molecule has 3 aliphatic rings. The maximum Gasteiger partial charge on any atom is 0.250 e. The number of fused-ring (bicyclic) bond motifs is 1.